The predicted octanol–water partition coefficient (Wildman–Crippen LogP) is 2.33. The molecular weight excluding hydrogens is 228 g/mol. The molecule has 1 saturated heterocycles. The summed E-state index contributed by atoms with van der Waals surface area (Å²) in [4.78, 5) is 16.4. The number of ketones is 1. The van der Waals surface area contributed by atoms with E-state index in [0.717, 1.165) is 19.4 Å². The van der Waals surface area contributed by atoms with Crippen LogP contribution in [0.1, 0.15) is 40.8 Å². The van der Waals surface area contributed by atoms with Gasteiger partial charge in [0.2, 0.25) is 11.7 Å². The highest BCUT2D eigenvalue weighted by atomic mass is 16.3. The number of hydrogen-bond donors (Lipinski definition) is 1. The maximum absolute atomic E-state index is 12.1. The highest BCUT2D eigenvalue weighted by Gasteiger charge is 2.23. The smallest absolute Gasteiger partial charge is 0.214 e. The van der Waals surface area contributed by atoms with Crippen LogP contribution in [-0.4, -0.2) is 17.3 Å². The first-order chi connectivity index (χ1) is 8.84. The molecule has 1 aliphatic rings. The maximum Gasteiger partial charge on any atom is 0.214 e. The largest absolute Gasteiger partial charge is 0.446 e. The zero-order valence-corrected chi connectivity index (χ0v) is 9.93. The van der Waals surface area contributed by atoms with Crippen LogP contribution in [0.2, 0.25) is 0 Å². The highest BCUT2D eigenvalue weighted by Crippen LogP contribution is 2.22. The van der Waals surface area contributed by atoms with E-state index in [0.29, 0.717) is 17.1 Å². The topological polar surface area (TPSA) is 55.1 Å². The van der Waals surface area contributed by atoms with E-state index in [4.69, 9.17) is 4.42 Å². The Morgan fingerprint density at radius 3 is 2.89 bits per heavy atom. The van der Waals surface area contributed by atoms with Crippen molar-refractivity contribution in [1.82, 2.24) is 10.3 Å². The van der Waals surface area contributed by atoms with Gasteiger partial charge in [-0.25, -0.2) is 4.98 Å². The third kappa shape index (κ3) is 2.07. The van der Waals surface area contributed by atoms with E-state index in [1.165, 1.54) is 6.26 Å². The number of hydrogen-bond acceptors (Lipinski definition) is 4. The van der Waals surface area contributed by atoms with Gasteiger partial charge in [0.15, 0.2) is 0 Å². The molecule has 3 rings (SSSR count). The standard InChI is InChI=1S/C14H14N2O2/c17-13(10-5-2-1-3-6-10)12-9-18-14(16-12)11-7-4-8-15-11/h1-3,5-6,9,11,15H,4,7-8H2/t11-/m0/s1. The Balaban J connectivity index is 1.83. The molecule has 0 radical (unpaired) electrons. The van der Waals surface area contributed by atoms with E-state index >= 15 is 0 Å². The molecule has 4 heteroatoms. The molecular formula is C14H14N2O2. The Hall–Kier alpha value is -1.94. The highest BCUT2D eigenvalue weighted by molar-refractivity contribution is 6.07. The van der Waals surface area contributed by atoms with E-state index in [9.17, 15) is 4.79 Å². The van der Waals surface area contributed by atoms with Crippen LogP contribution in [-0.2, 0) is 0 Å². The van der Waals surface area contributed by atoms with Gasteiger partial charge < -0.3 is 9.73 Å². The summed E-state index contributed by atoms with van der Waals surface area (Å²) >= 11 is 0. The first kappa shape index (κ1) is 11.2. The summed E-state index contributed by atoms with van der Waals surface area (Å²) in [6, 6.07) is 9.28. The Labute approximate surface area is 105 Å². The average molecular weight is 242 g/mol. The fourth-order valence-electron chi connectivity index (χ4n) is 2.18. The van der Waals surface area contributed by atoms with Crippen LogP contribution in [0.5, 0.6) is 0 Å². The summed E-state index contributed by atoms with van der Waals surface area (Å²) in [5.74, 6) is 0.523. The van der Waals surface area contributed by atoms with Gasteiger partial charge in [-0.05, 0) is 19.4 Å². The van der Waals surface area contributed by atoms with Crippen molar-refractivity contribution < 1.29 is 9.21 Å². The molecule has 0 unspecified atom stereocenters. The fourth-order valence-corrected chi connectivity index (χ4v) is 2.18. The lowest BCUT2D eigenvalue weighted by Crippen LogP contribution is -2.13. The summed E-state index contributed by atoms with van der Waals surface area (Å²) < 4.78 is 5.40. The third-order valence-electron chi connectivity index (χ3n) is 3.15. The molecule has 18 heavy (non-hydrogen) atoms. The van der Waals surface area contributed by atoms with E-state index in [1.54, 1.807) is 12.1 Å². The quantitative estimate of drug-likeness (QED) is 0.839. The maximum atomic E-state index is 12.1. The molecule has 1 atom stereocenters. The number of nitrogens with zero attached hydrogens (tertiary/aromatic N) is 1. The average Bonchev–Trinajstić information content (AvgIpc) is 3.09. The molecule has 1 aromatic heterocycles. The van der Waals surface area contributed by atoms with Gasteiger partial charge in [-0.1, -0.05) is 30.3 Å². The van der Waals surface area contributed by atoms with Crippen molar-refractivity contribution in [3.63, 3.8) is 0 Å². The molecule has 0 spiro atoms. The van der Waals surface area contributed by atoms with E-state index in [-0.39, 0.29) is 11.8 Å². The number of aromatic nitrogens is 1. The molecule has 0 amide bonds. The van der Waals surface area contributed by atoms with Gasteiger partial charge in [0.05, 0.1) is 6.04 Å². The summed E-state index contributed by atoms with van der Waals surface area (Å²) in [6.45, 7) is 0.981. The second-order valence-electron chi connectivity index (χ2n) is 4.42. The second kappa shape index (κ2) is 4.74. The first-order valence-electron chi connectivity index (χ1n) is 6.13. The van der Waals surface area contributed by atoms with Crippen molar-refractivity contribution in [1.29, 1.82) is 0 Å². The summed E-state index contributed by atoms with van der Waals surface area (Å²) in [5.41, 5.74) is 1.02. The van der Waals surface area contributed by atoms with Crippen molar-refractivity contribution in [2.45, 2.75) is 18.9 Å². The minimum atomic E-state index is -0.0939. The van der Waals surface area contributed by atoms with Gasteiger partial charge in [-0.15, -0.1) is 0 Å². The van der Waals surface area contributed by atoms with Gasteiger partial charge in [-0.3, -0.25) is 4.79 Å². The summed E-state index contributed by atoms with van der Waals surface area (Å²) in [6.07, 6.45) is 3.58. The zero-order valence-electron chi connectivity index (χ0n) is 9.93. The van der Waals surface area contributed by atoms with Crippen LogP contribution in [0.3, 0.4) is 0 Å². The molecule has 1 fully saturated rings. The zero-order chi connectivity index (χ0) is 12.4. The molecule has 0 saturated carbocycles. The number of carbonyl (C=O) groups excluding carboxylic acids is 1. The Bertz CT molecular complexity index is 542. The van der Waals surface area contributed by atoms with Gasteiger partial charge in [0.1, 0.15) is 12.0 Å². The number of rotatable bonds is 3. The lowest BCUT2D eigenvalue weighted by atomic mass is 10.1. The summed E-state index contributed by atoms with van der Waals surface area (Å²) in [5, 5.41) is 3.30. The molecule has 2 heterocycles. The Morgan fingerprint density at radius 2 is 2.17 bits per heavy atom. The number of carbonyl (C=O) groups is 1. The lowest BCUT2D eigenvalue weighted by molar-refractivity contribution is 0.103. The summed E-state index contributed by atoms with van der Waals surface area (Å²) in [7, 11) is 0. The van der Waals surface area contributed by atoms with Crippen LogP contribution < -0.4 is 5.32 Å². The fraction of sp³-hybridized carbons (Fsp3) is 0.286. The number of oxazole rings is 1. The molecule has 1 aliphatic heterocycles. The SMILES string of the molecule is O=C(c1ccccc1)c1coc([C@@H]2CCCN2)n1. The van der Waals surface area contributed by atoms with E-state index in [2.05, 4.69) is 10.3 Å². The third-order valence-corrected chi connectivity index (χ3v) is 3.15. The van der Waals surface area contributed by atoms with Gasteiger partial charge in [-0.2, -0.15) is 0 Å². The Morgan fingerprint density at radius 1 is 1.33 bits per heavy atom. The van der Waals surface area contributed by atoms with Crippen LogP contribution in [0.25, 0.3) is 0 Å². The van der Waals surface area contributed by atoms with Gasteiger partial charge in [0.25, 0.3) is 0 Å². The van der Waals surface area contributed by atoms with Crippen LogP contribution >= 0.6 is 0 Å². The lowest BCUT2D eigenvalue weighted by Gasteiger charge is -2.02. The minimum Gasteiger partial charge on any atom is -0.446 e. The van der Waals surface area contributed by atoms with Gasteiger partial charge >= 0.3 is 0 Å². The molecule has 2 aromatic rings. The molecule has 4 nitrogen and oxygen atoms in total. The molecule has 1 aromatic carbocycles. The number of benzene rings is 1. The monoisotopic (exact) mass is 242 g/mol. The van der Waals surface area contributed by atoms with Crippen LogP contribution in [0.15, 0.2) is 41.0 Å². The number of nitrogens with one attached hydrogen (secondary N) is 1. The van der Waals surface area contributed by atoms with Crippen molar-refractivity contribution in [2.75, 3.05) is 6.54 Å². The van der Waals surface area contributed by atoms with E-state index in [1.807, 2.05) is 18.2 Å². The van der Waals surface area contributed by atoms with Crippen LogP contribution in [0, 0.1) is 0 Å². The second-order valence-corrected chi connectivity index (χ2v) is 4.42. The van der Waals surface area contributed by atoms with Crippen molar-refractivity contribution in [3.8, 4) is 0 Å². The molecule has 0 aliphatic carbocycles. The Kier molecular flexibility index (Phi) is 2.94. The van der Waals surface area contributed by atoms with Gasteiger partial charge in [0, 0.05) is 5.56 Å². The van der Waals surface area contributed by atoms with Crippen molar-refractivity contribution in [3.05, 3.63) is 53.7 Å². The van der Waals surface area contributed by atoms with Crippen LogP contribution in [0.4, 0.5) is 0 Å². The predicted molar refractivity (Wildman–Crippen MR) is 66.4 cm³/mol. The minimum absolute atomic E-state index is 0.0939. The molecule has 92 valence electrons. The van der Waals surface area contributed by atoms with E-state index < -0.39 is 0 Å². The molecule has 1 N–H and O–H groups in total. The van der Waals surface area contributed by atoms with Crippen molar-refractivity contribution in [2.24, 2.45) is 0 Å². The normalized spacial score (nSPS) is 19.0. The first-order valence-corrected chi connectivity index (χ1v) is 6.13. The molecule has 0 bridgehead atoms. The van der Waals surface area contributed by atoms with Crippen molar-refractivity contribution >= 4 is 5.78 Å².